The second-order valence-corrected chi connectivity index (χ2v) is 12.7. The molecule has 43 heavy (non-hydrogen) atoms. The zero-order valence-corrected chi connectivity index (χ0v) is 26.0. The van der Waals surface area contributed by atoms with E-state index in [4.69, 9.17) is 14.6 Å². The van der Waals surface area contributed by atoms with Crippen molar-refractivity contribution < 1.29 is 33.0 Å². The molecule has 1 aromatic heterocycles. The van der Waals surface area contributed by atoms with Gasteiger partial charge in [0.25, 0.3) is 12.4 Å². The van der Waals surface area contributed by atoms with Gasteiger partial charge in [-0.25, -0.2) is 8.42 Å². The number of nitrogens with zero attached hydrogens (tertiary/aromatic N) is 1. The number of ether oxygens (including phenoxy) is 1. The van der Waals surface area contributed by atoms with E-state index in [0.29, 0.717) is 49.4 Å². The van der Waals surface area contributed by atoms with Gasteiger partial charge in [0.15, 0.2) is 0 Å². The number of anilines is 2. The second-order valence-electron chi connectivity index (χ2n) is 9.93. The van der Waals surface area contributed by atoms with Crippen molar-refractivity contribution >= 4 is 45.1 Å². The van der Waals surface area contributed by atoms with E-state index in [1.807, 2.05) is 48.0 Å². The molecule has 0 unspecified atom stereocenters. The third-order valence-electron chi connectivity index (χ3n) is 6.87. The average Bonchev–Trinajstić information content (AvgIpc) is 3.45. The molecule has 234 valence electrons. The van der Waals surface area contributed by atoms with Crippen LogP contribution in [0.4, 0.5) is 11.4 Å². The Morgan fingerprint density at radius 1 is 1.16 bits per heavy atom. The van der Waals surface area contributed by atoms with Gasteiger partial charge in [-0.1, -0.05) is 30.3 Å². The van der Waals surface area contributed by atoms with Crippen molar-refractivity contribution in [1.29, 1.82) is 0 Å². The zero-order chi connectivity index (χ0) is 31.2. The lowest BCUT2D eigenvalue weighted by atomic mass is 10.00. The molecular formula is C30H40N4O7S2. The molecule has 0 spiro atoms. The fourth-order valence-corrected chi connectivity index (χ4v) is 7.22. The molecule has 1 fully saturated rings. The number of rotatable bonds is 13. The van der Waals surface area contributed by atoms with E-state index in [-0.39, 0.29) is 24.7 Å². The van der Waals surface area contributed by atoms with Crippen molar-refractivity contribution in [2.75, 3.05) is 42.1 Å². The summed E-state index contributed by atoms with van der Waals surface area (Å²) in [5, 5.41) is 31.5. The molecule has 3 aromatic rings. The lowest BCUT2D eigenvalue weighted by Gasteiger charge is -2.29. The lowest BCUT2D eigenvalue weighted by molar-refractivity contribution is -0.122. The number of aliphatic hydroxyl groups excluding tert-OH is 1. The monoisotopic (exact) mass is 632 g/mol. The molecule has 0 saturated carbocycles. The van der Waals surface area contributed by atoms with Crippen molar-refractivity contribution in [2.24, 2.45) is 0 Å². The minimum atomic E-state index is -3.44. The standard InChI is InChI=1S/C29H38N4O5S2.CH2O2/c1-3-31-24-14-22(15-25(16-24)33-11-7-8-12-40(33,36)37)29(35)32-26(13-21-9-5-4-6-10-21)27(34)18-30-17-23-19-39-20-28(23)38-2;2-1-3/h4-6,9-10,14-16,19-20,26-27,30-31,34H,3,7-8,11-13,17-18H2,1-2H3,(H,32,35);1H,(H,2,3)/t26-,27+;/m0./s1. The molecule has 4 rings (SSSR count). The van der Waals surface area contributed by atoms with Gasteiger partial charge >= 0.3 is 0 Å². The predicted molar refractivity (Wildman–Crippen MR) is 170 cm³/mol. The number of sulfonamides is 1. The number of hydrogen-bond acceptors (Lipinski definition) is 9. The summed E-state index contributed by atoms with van der Waals surface area (Å²) < 4.78 is 32.3. The Morgan fingerprint density at radius 2 is 1.91 bits per heavy atom. The van der Waals surface area contributed by atoms with Crippen LogP contribution in [0.25, 0.3) is 0 Å². The number of thiophene rings is 1. The molecule has 0 aliphatic carbocycles. The van der Waals surface area contributed by atoms with Gasteiger partial charge in [-0.2, -0.15) is 0 Å². The number of benzene rings is 2. The summed E-state index contributed by atoms with van der Waals surface area (Å²) in [6.07, 6.45) is 0.942. The van der Waals surface area contributed by atoms with Gasteiger partial charge in [0.1, 0.15) is 5.75 Å². The van der Waals surface area contributed by atoms with Gasteiger partial charge in [-0.05, 0) is 55.3 Å². The van der Waals surface area contributed by atoms with Crippen LogP contribution in [-0.2, 0) is 27.8 Å². The van der Waals surface area contributed by atoms with E-state index in [9.17, 15) is 18.3 Å². The molecule has 2 atom stereocenters. The van der Waals surface area contributed by atoms with Gasteiger partial charge in [-0.15, -0.1) is 11.3 Å². The normalized spacial score (nSPS) is 15.4. The smallest absolute Gasteiger partial charge is 0.290 e. The number of hydrogen-bond donors (Lipinski definition) is 5. The van der Waals surface area contributed by atoms with Gasteiger partial charge < -0.3 is 30.9 Å². The fraction of sp³-hybridized carbons (Fsp3) is 0.400. The first-order valence-corrected chi connectivity index (χ1v) is 16.6. The van der Waals surface area contributed by atoms with E-state index in [2.05, 4.69) is 16.0 Å². The number of carbonyl (C=O) groups excluding carboxylic acids is 1. The zero-order valence-electron chi connectivity index (χ0n) is 24.4. The molecular weight excluding hydrogens is 592 g/mol. The van der Waals surface area contributed by atoms with Crippen molar-refractivity contribution in [2.45, 2.75) is 44.9 Å². The maximum atomic E-state index is 13.6. The highest BCUT2D eigenvalue weighted by molar-refractivity contribution is 7.92. The van der Waals surface area contributed by atoms with Crippen molar-refractivity contribution in [1.82, 2.24) is 10.6 Å². The van der Waals surface area contributed by atoms with Gasteiger partial charge in [0, 0.05) is 48.4 Å². The highest BCUT2D eigenvalue weighted by atomic mass is 32.2. The number of aliphatic hydroxyl groups is 1. The molecule has 2 aromatic carbocycles. The summed E-state index contributed by atoms with van der Waals surface area (Å²) in [5.41, 5.74) is 3.44. The lowest BCUT2D eigenvalue weighted by Crippen LogP contribution is -2.48. The van der Waals surface area contributed by atoms with Crippen LogP contribution < -0.4 is 25.0 Å². The summed E-state index contributed by atoms with van der Waals surface area (Å²) in [7, 11) is -1.82. The Labute approximate surface area is 256 Å². The Morgan fingerprint density at radius 3 is 2.58 bits per heavy atom. The Bertz CT molecular complexity index is 1420. The average molecular weight is 633 g/mol. The van der Waals surface area contributed by atoms with Gasteiger partial charge in [0.2, 0.25) is 10.0 Å². The minimum Gasteiger partial charge on any atom is -0.496 e. The second kappa shape index (κ2) is 16.8. The number of carbonyl (C=O) groups is 2. The highest BCUT2D eigenvalue weighted by Gasteiger charge is 2.28. The predicted octanol–water partition coefficient (Wildman–Crippen LogP) is 3.31. The van der Waals surface area contributed by atoms with Crippen LogP contribution in [0, 0.1) is 0 Å². The Balaban J connectivity index is 0.00000162. The number of carboxylic acid groups (broad SMARTS) is 1. The molecule has 2 heterocycles. The first-order valence-electron chi connectivity index (χ1n) is 14.0. The first-order chi connectivity index (χ1) is 20.7. The first kappa shape index (κ1) is 33.8. The maximum absolute atomic E-state index is 13.6. The summed E-state index contributed by atoms with van der Waals surface area (Å²) in [6.45, 7) is 3.47. The quantitative estimate of drug-likeness (QED) is 0.178. The van der Waals surface area contributed by atoms with Crippen LogP contribution in [0.1, 0.15) is 41.3 Å². The Kier molecular flexibility index (Phi) is 13.3. The van der Waals surface area contributed by atoms with E-state index in [1.54, 1.807) is 36.6 Å². The summed E-state index contributed by atoms with van der Waals surface area (Å²) in [6, 6.07) is 14.2. The van der Waals surface area contributed by atoms with Crippen LogP contribution in [-0.4, -0.2) is 75.7 Å². The molecule has 13 heteroatoms. The van der Waals surface area contributed by atoms with Crippen LogP contribution in [0.3, 0.4) is 0 Å². The third kappa shape index (κ3) is 9.95. The summed E-state index contributed by atoms with van der Waals surface area (Å²) in [4.78, 5) is 22.0. The summed E-state index contributed by atoms with van der Waals surface area (Å²) in [5.74, 6) is 0.512. The highest BCUT2D eigenvalue weighted by Crippen LogP contribution is 2.28. The maximum Gasteiger partial charge on any atom is 0.290 e. The number of amides is 1. The molecule has 0 radical (unpaired) electrons. The fourth-order valence-electron chi connectivity index (χ4n) is 4.79. The minimum absolute atomic E-state index is 0.0928. The van der Waals surface area contributed by atoms with E-state index >= 15 is 0 Å². The molecule has 1 amide bonds. The molecule has 5 N–H and O–H groups in total. The number of nitrogens with one attached hydrogen (secondary N) is 3. The SMILES string of the molecule is CCNc1cc(C(=O)N[C@@H](Cc2ccccc2)[C@H](O)CNCc2cscc2OC)cc(N2CCCCS2(=O)=O)c1.O=CO. The molecule has 1 saturated heterocycles. The van der Waals surface area contributed by atoms with Gasteiger partial charge in [0.05, 0.1) is 30.7 Å². The topological polar surface area (TPSA) is 157 Å². The summed E-state index contributed by atoms with van der Waals surface area (Å²) >= 11 is 1.55. The molecule has 1 aliphatic rings. The van der Waals surface area contributed by atoms with Crippen molar-refractivity contribution in [3.63, 3.8) is 0 Å². The van der Waals surface area contributed by atoms with Crippen molar-refractivity contribution in [3.8, 4) is 5.75 Å². The molecule has 0 bridgehead atoms. The van der Waals surface area contributed by atoms with Crippen LogP contribution in [0.15, 0.2) is 59.3 Å². The number of methoxy groups -OCH3 is 1. The van der Waals surface area contributed by atoms with Crippen LogP contribution >= 0.6 is 11.3 Å². The van der Waals surface area contributed by atoms with Crippen molar-refractivity contribution in [3.05, 3.63) is 76.0 Å². The molecule has 11 nitrogen and oxygen atoms in total. The van der Waals surface area contributed by atoms with E-state index in [1.165, 1.54) is 4.31 Å². The largest absolute Gasteiger partial charge is 0.496 e. The van der Waals surface area contributed by atoms with Crippen LogP contribution in [0.2, 0.25) is 0 Å². The third-order valence-corrected chi connectivity index (χ3v) is 9.51. The molecule has 1 aliphatic heterocycles. The van der Waals surface area contributed by atoms with Gasteiger partial charge in [-0.3, -0.25) is 13.9 Å². The van der Waals surface area contributed by atoms with E-state index < -0.39 is 22.2 Å². The van der Waals surface area contributed by atoms with E-state index in [0.717, 1.165) is 23.3 Å². The van der Waals surface area contributed by atoms with Crippen LogP contribution in [0.5, 0.6) is 5.75 Å². The Hall–Kier alpha value is -3.65.